The first-order chi connectivity index (χ1) is 8.31. The summed E-state index contributed by atoms with van der Waals surface area (Å²) in [5, 5.41) is 6.77. The maximum atomic E-state index is 11.5. The molecule has 1 unspecified atom stereocenters. The van der Waals surface area contributed by atoms with E-state index in [-0.39, 0.29) is 5.97 Å². The van der Waals surface area contributed by atoms with Crippen molar-refractivity contribution >= 4 is 5.97 Å². The summed E-state index contributed by atoms with van der Waals surface area (Å²) in [6.07, 6.45) is 0. The Morgan fingerprint density at radius 1 is 1.35 bits per heavy atom. The molecule has 4 nitrogen and oxygen atoms in total. The van der Waals surface area contributed by atoms with Crippen molar-refractivity contribution < 1.29 is 9.53 Å². The van der Waals surface area contributed by atoms with Crippen LogP contribution in [0.3, 0.4) is 0 Å². The third-order valence-electron chi connectivity index (χ3n) is 2.87. The van der Waals surface area contributed by atoms with Crippen LogP contribution in [-0.4, -0.2) is 32.2 Å². The third-order valence-corrected chi connectivity index (χ3v) is 2.87. The predicted octanol–water partition coefficient (Wildman–Crippen LogP) is 1.10. The number of esters is 1. The summed E-state index contributed by atoms with van der Waals surface area (Å²) >= 11 is 0. The van der Waals surface area contributed by atoms with E-state index in [9.17, 15) is 4.79 Å². The maximum absolute atomic E-state index is 11.5. The molecule has 92 valence electrons. The van der Waals surface area contributed by atoms with E-state index >= 15 is 0 Å². The number of benzene rings is 1. The first-order valence-corrected chi connectivity index (χ1v) is 6.02. The molecule has 1 saturated heterocycles. The van der Waals surface area contributed by atoms with Gasteiger partial charge in [-0.1, -0.05) is 12.1 Å². The molecule has 1 heterocycles. The van der Waals surface area contributed by atoms with Gasteiger partial charge in [-0.15, -0.1) is 0 Å². The molecule has 0 bridgehead atoms. The first-order valence-electron chi connectivity index (χ1n) is 6.02. The van der Waals surface area contributed by atoms with Crippen molar-refractivity contribution in [2.45, 2.75) is 13.0 Å². The molecule has 0 saturated carbocycles. The average Bonchev–Trinajstić information content (AvgIpc) is 2.40. The molecule has 1 aromatic carbocycles. The van der Waals surface area contributed by atoms with Gasteiger partial charge in [-0.25, -0.2) is 4.79 Å². The van der Waals surface area contributed by atoms with Gasteiger partial charge in [0.05, 0.1) is 12.2 Å². The van der Waals surface area contributed by atoms with E-state index in [1.165, 1.54) is 5.56 Å². The van der Waals surface area contributed by atoms with Gasteiger partial charge in [-0.3, -0.25) is 0 Å². The fourth-order valence-electron chi connectivity index (χ4n) is 1.95. The Bertz CT molecular complexity index is 370. The molecule has 1 atom stereocenters. The Morgan fingerprint density at radius 2 is 2.12 bits per heavy atom. The molecule has 2 rings (SSSR count). The number of hydrogen-bond acceptors (Lipinski definition) is 4. The highest BCUT2D eigenvalue weighted by atomic mass is 16.5. The van der Waals surface area contributed by atoms with E-state index in [1.807, 2.05) is 31.2 Å². The minimum Gasteiger partial charge on any atom is -0.462 e. The zero-order valence-corrected chi connectivity index (χ0v) is 10.0. The van der Waals surface area contributed by atoms with Crippen LogP contribution in [0, 0.1) is 0 Å². The molecule has 4 heteroatoms. The van der Waals surface area contributed by atoms with E-state index in [0.717, 1.165) is 19.6 Å². The maximum Gasteiger partial charge on any atom is 0.338 e. The molecular weight excluding hydrogens is 216 g/mol. The van der Waals surface area contributed by atoms with E-state index in [2.05, 4.69) is 10.6 Å². The molecule has 0 spiro atoms. The van der Waals surface area contributed by atoms with Crippen LogP contribution in [0.2, 0.25) is 0 Å². The van der Waals surface area contributed by atoms with E-state index in [0.29, 0.717) is 18.2 Å². The SMILES string of the molecule is CCOC(=O)c1ccc(C2CNCCN2)cc1. The largest absolute Gasteiger partial charge is 0.462 e. The Kier molecular flexibility index (Phi) is 4.12. The van der Waals surface area contributed by atoms with Gasteiger partial charge in [-0.2, -0.15) is 0 Å². The number of rotatable bonds is 3. The van der Waals surface area contributed by atoms with Crippen LogP contribution < -0.4 is 10.6 Å². The van der Waals surface area contributed by atoms with Crippen molar-refractivity contribution in [2.24, 2.45) is 0 Å². The molecular formula is C13H18N2O2. The Morgan fingerprint density at radius 3 is 2.71 bits per heavy atom. The summed E-state index contributed by atoms with van der Waals surface area (Å²) in [7, 11) is 0. The standard InChI is InChI=1S/C13H18N2O2/c1-2-17-13(16)11-5-3-10(4-6-11)12-9-14-7-8-15-12/h3-6,12,14-15H,2,7-9H2,1H3. The van der Waals surface area contributed by atoms with Crippen LogP contribution in [0.25, 0.3) is 0 Å². The summed E-state index contributed by atoms with van der Waals surface area (Å²) in [4.78, 5) is 11.5. The number of carbonyl (C=O) groups is 1. The molecule has 1 fully saturated rings. The second kappa shape index (κ2) is 5.80. The Balaban J connectivity index is 2.04. The van der Waals surface area contributed by atoms with E-state index in [1.54, 1.807) is 0 Å². The Hall–Kier alpha value is -1.39. The highest BCUT2D eigenvalue weighted by Crippen LogP contribution is 2.15. The zero-order valence-electron chi connectivity index (χ0n) is 10.0. The van der Waals surface area contributed by atoms with Crippen LogP contribution in [-0.2, 0) is 4.74 Å². The Labute approximate surface area is 101 Å². The lowest BCUT2D eigenvalue weighted by molar-refractivity contribution is 0.0526. The van der Waals surface area contributed by atoms with Gasteiger partial charge >= 0.3 is 5.97 Å². The first kappa shape index (κ1) is 12.1. The third kappa shape index (κ3) is 3.05. The lowest BCUT2D eigenvalue weighted by atomic mass is 10.0. The topological polar surface area (TPSA) is 50.4 Å². The second-order valence-electron chi connectivity index (χ2n) is 4.05. The normalized spacial score (nSPS) is 19.9. The quantitative estimate of drug-likeness (QED) is 0.769. The summed E-state index contributed by atoms with van der Waals surface area (Å²) < 4.78 is 4.95. The second-order valence-corrected chi connectivity index (χ2v) is 4.05. The van der Waals surface area contributed by atoms with Crippen LogP contribution >= 0.6 is 0 Å². The minimum absolute atomic E-state index is 0.256. The molecule has 1 aromatic rings. The average molecular weight is 234 g/mol. The lowest BCUT2D eigenvalue weighted by Crippen LogP contribution is -2.42. The highest BCUT2D eigenvalue weighted by molar-refractivity contribution is 5.89. The molecule has 0 aliphatic carbocycles. The number of hydrogen-bond donors (Lipinski definition) is 2. The minimum atomic E-state index is -0.256. The molecule has 17 heavy (non-hydrogen) atoms. The molecule has 1 aliphatic heterocycles. The monoisotopic (exact) mass is 234 g/mol. The predicted molar refractivity (Wildman–Crippen MR) is 66.0 cm³/mol. The van der Waals surface area contributed by atoms with E-state index in [4.69, 9.17) is 4.74 Å². The van der Waals surface area contributed by atoms with Crippen molar-refractivity contribution in [2.75, 3.05) is 26.2 Å². The van der Waals surface area contributed by atoms with E-state index < -0.39 is 0 Å². The number of piperazine rings is 1. The fourth-order valence-corrected chi connectivity index (χ4v) is 1.95. The van der Waals surface area contributed by atoms with Gasteiger partial charge in [0, 0.05) is 25.7 Å². The number of carbonyl (C=O) groups excluding carboxylic acids is 1. The van der Waals surface area contributed by atoms with Gasteiger partial charge in [0.15, 0.2) is 0 Å². The van der Waals surface area contributed by atoms with Crippen molar-refractivity contribution in [3.63, 3.8) is 0 Å². The number of nitrogens with one attached hydrogen (secondary N) is 2. The van der Waals surface area contributed by atoms with Crippen LogP contribution in [0.1, 0.15) is 28.9 Å². The van der Waals surface area contributed by atoms with Crippen molar-refractivity contribution in [1.82, 2.24) is 10.6 Å². The van der Waals surface area contributed by atoms with Crippen molar-refractivity contribution in [3.05, 3.63) is 35.4 Å². The van der Waals surface area contributed by atoms with Crippen LogP contribution in [0.4, 0.5) is 0 Å². The number of ether oxygens (including phenoxy) is 1. The van der Waals surface area contributed by atoms with Gasteiger partial charge in [-0.05, 0) is 24.6 Å². The molecule has 1 aliphatic rings. The van der Waals surface area contributed by atoms with Crippen LogP contribution in [0.15, 0.2) is 24.3 Å². The van der Waals surface area contributed by atoms with Crippen molar-refractivity contribution in [3.8, 4) is 0 Å². The summed E-state index contributed by atoms with van der Waals surface area (Å²) in [5.41, 5.74) is 1.81. The van der Waals surface area contributed by atoms with Gasteiger partial charge in [0.25, 0.3) is 0 Å². The zero-order chi connectivity index (χ0) is 12.1. The van der Waals surface area contributed by atoms with Gasteiger partial charge < -0.3 is 15.4 Å². The molecule has 0 radical (unpaired) electrons. The molecule has 0 aromatic heterocycles. The fraction of sp³-hybridized carbons (Fsp3) is 0.462. The smallest absolute Gasteiger partial charge is 0.338 e. The lowest BCUT2D eigenvalue weighted by Gasteiger charge is -2.24. The van der Waals surface area contributed by atoms with Gasteiger partial charge in [0.1, 0.15) is 0 Å². The highest BCUT2D eigenvalue weighted by Gasteiger charge is 2.14. The molecule has 2 N–H and O–H groups in total. The summed E-state index contributed by atoms with van der Waals surface area (Å²) in [5.74, 6) is -0.256. The van der Waals surface area contributed by atoms with Crippen LogP contribution in [0.5, 0.6) is 0 Å². The van der Waals surface area contributed by atoms with Gasteiger partial charge in [0.2, 0.25) is 0 Å². The summed E-state index contributed by atoms with van der Waals surface area (Å²) in [6.45, 7) is 5.14. The van der Waals surface area contributed by atoms with Crippen molar-refractivity contribution in [1.29, 1.82) is 0 Å². The molecule has 0 amide bonds. The summed E-state index contributed by atoms with van der Waals surface area (Å²) in [6, 6.07) is 7.95.